The highest BCUT2D eigenvalue weighted by Crippen LogP contribution is 2.18. The summed E-state index contributed by atoms with van der Waals surface area (Å²) >= 11 is 0. The zero-order valence-electron chi connectivity index (χ0n) is 46.1. The fraction of sp³-hybridized carbons (Fsp3) is 0.935. The molecule has 1 amide bonds. The molecule has 6 nitrogen and oxygen atoms in total. The van der Waals surface area contributed by atoms with Crippen LogP contribution in [0.3, 0.4) is 0 Å². The minimum atomic E-state index is -0.681. The molecular formula is C62H121NO5. The number of hydrogen-bond acceptors (Lipinski definition) is 5. The van der Waals surface area contributed by atoms with Crippen LogP contribution in [0.1, 0.15) is 348 Å². The van der Waals surface area contributed by atoms with Crippen LogP contribution in [0.5, 0.6) is 0 Å². The van der Waals surface area contributed by atoms with Crippen molar-refractivity contribution in [2.75, 3.05) is 13.2 Å². The first-order chi connectivity index (χ1) is 33.5. The third-order valence-electron chi connectivity index (χ3n) is 14.6. The molecule has 2 atom stereocenters. The van der Waals surface area contributed by atoms with Gasteiger partial charge in [-0.1, -0.05) is 289 Å². The molecule has 0 aromatic heterocycles. The van der Waals surface area contributed by atoms with E-state index in [9.17, 15) is 19.8 Å². The minimum Gasteiger partial charge on any atom is -0.466 e. The molecule has 0 bridgehead atoms. The number of ether oxygens (including phenoxy) is 1. The van der Waals surface area contributed by atoms with Crippen molar-refractivity contribution < 1.29 is 24.5 Å². The van der Waals surface area contributed by atoms with Gasteiger partial charge in [0.25, 0.3) is 0 Å². The predicted octanol–water partition coefficient (Wildman–Crippen LogP) is 19.2. The van der Waals surface area contributed by atoms with Gasteiger partial charge in [-0.15, -0.1) is 0 Å². The van der Waals surface area contributed by atoms with Gasteiger partial charge < -0.3 is 20.3 Å². The van der Waals surface area contributed by atoms with Crippen LogP contribution >= 0.6 is 0 Å². The van der Waals surface area contributed by atoms with Gasteiger partial charge in [0.15, 0.2) is 0 Å². The lowest BCUT2D eigenvalue weighted by molar-refractivity contribution is -0.143. The highest BCUT2D eigenvalue weighted by molar-refractivity contribution is 5.76. The summed E-state index contributed by atoms with van der Waals surface area (Å²) in [6, 6.07) is -0.560. The van der Waals surface area contributed by atoms with Crippen molar-refractivity contribution in [1.82, 2.24) is 5.32 Å². The number of aliphatic hydroxyl groups excluding tert-OH is 2. The second-order valence-electron chi connectivity index (χ2n) is 21.4. The third-order valence-corrected chi connectivity index (χ3v) is 14.6. The van der Waals surface area contributed by atoms with Crippen molar-refractivity contribution in [3.63, 3.8) is 0 Å². The number of allylic oxidation sites excluding steroid dienone is 2. The monoisotopic (exact) mass is 960 g/mol. The highest BCUT2D eigenvalue weighted by Gasteiger charge is 2.20. The smallest absolute Gasteiger partial charge is 0.305 e. The molecule has 3 N–H and O–H groups in total. The van der Waals surface area contributed by atoms with E-state index < -0.39 is 12.1 Å². The van der Waals surface area contributed by atoms with Gasteiger partial charge in [-0.3, -0.25) is 9.59 Å². The van der Waals surface area contributed by atoms with Crippen molar-refractivity contribution in [3.05, 3.63) is 12.2 Å². The number of aliphatic hydroxyl groups is 2. The fourth-order valence-corrected chi connectivity index (χ4v) is 9.81. The Morgan fingerprint density at radius 2 is 0.691 bits per heavy atom. The molecule has 0 aromatic rings. The standard InChI is InChI=1S/C62H121NO5/c1-3-5-7-9-11-13-15-17-19-20-21-22-23-24-25-26-27-29-30-34-38-42-46-50-54-60(65)59(58-64)63-61(66)55-51-47-43-39-35-32-33-37-41-45-49-53-57-68-62(67)56-52-48-44-40-36-31-28-18-16-14-12-10-8-6-4-2/h33,37,59-60,64-65H,3-32,34-36,38-58H2,1-2H3,(H,63,66)/b37-33-. The van der Waals surface area contributed by atoms with Crippen molar-refractivity contribution in [2.24, 2.45) is 0 Å². The number of rotatable bonds is 58. The van der Waals surface area contributed by atoms with E-state index in [1.165, 1.54) is 238 Å². The van der Waals surface area contributed by atoms with Crippen molar-refractivity contribution in [3.8, 4) is 0 Å². The zero-order chi connectivity index (χ0) is 49.3. The summed E-state index contributed by atoms with van der Waals surface area (Å²) in [6.45, 7) is 4.93. The predicted molar refractivity (Wildman–Crippen MR) is 297 cm³/mol. The highest BCUT2D eigenvalue weighted by atomic mass is 16.5. The van der Waals surface area contributed by atoms with Crippen LogP contribution in [0.4, 0.5) is 0 Å². The Morgan fingerprint density at radius 1 is 0.397 bits per heavy atom. The second-order valence-corrected chi connectivity index (χ2v) is 21.4. The van der Waals surface area contributed by atoms with Crippen LogP contribution in [0, 0.1) is 0 Å². The van der Waals surface area contributed by atoms with Crippen LogP contribution in [-0.4, -0.2) is 47.4 Å². The molecule has 0 fully saturated rings. The zero-order valence-corrected chi connectivity index (χ0v) is 46.1. The number of carbonyl (C=O) groups is 2. The first-order valence-corrected chi connectivity index (χ1v) is 30.9. The van der Waals surface area contributed by atoms with Gasteiger partial charge in [-0.2, -0.15) is 0 Å². The van der Waals surface area contributed by atoms with Gasteiger partial charge in [0.1, 0.15) is 0 Å². The molecule has 0 aromatic carbocycles. The summed E-state index contributed by atoms with van der Waals surface area (Å²) in [7, 11) is 0. The number of amides is 1. The number of nitrogens with one attached hydrogen (secondary N) is 1. The Bertz CT molecular complexity index is 1020. The first kappa shape index (κ1) is 66.6. The molecule has 68 heavy (non-hydrogen) atoms. The lowest BCUT2D eigenvalue weighted by Crippen LogP contribution is -2.45. The molecule has 2 unspecified atom stereocenters. The van der Waals surface area contributed by atoms with Crippen LogP contribution in [-0.2, 0) is 14.3 Å². The molecule has 0 heterocycles. The molecule has 0 radical (unpaired) electrons. The average Bonchev–Trinajstić information content (AvgIpc) is 3.34. The van der Waals surface area contributed by atoms with Crippen LogP contribution < -0.4 is 5.32 Å². The fourth-order valence-electron chi connectivity index (χ4n) is 9.81. The Kier molecular flexibility index (Phi) is 57.0. The maximum absolute atomic E-state index is 12.5. The van der Waals surface area contributed by atoms with E-state index in [2.05, 4.69) is 31.3 Å². The summed E-state index contributed by atoms with van der Waals surface area (Å²) in [6.07, 6.45) is 69.3. The van der Waals surface area contributed by atoms with Gasteiger partial charge >= 0.3 is 5.97 Å². The van der Waals surface area contributed by atoms with Gasteiger partial charge in [0.05, 0.1) is 25.4 Å². The summed E-state index contributed by atoms with van der Waals surface area (Å²) in [5, 5.41) is 23.4. The van der Waals surface area contributed by atoms with E-state index in [4.69, 9.17) is 4.74 Å². The summed E-state index contributed by atoms with van der Waals surface area (Å²) in [5.74, 6) is -0.0748. The summed E-state index contributed by atoms with van der Waals surface area (Å²) in [4.78, 5) is 24.6. The molecule has 0 aliphatic heterocycles. The number of carbonyl (C=O) groups excluding carboxylic acids is 2. The van der Waals surface area contributed by atoms with Gasteiger partial charge in [0.2, 0.25) is 5.91 Å². The van der Waals surface area contributed by atoms with E-state index in [1.807, 2.05) is 0 Å². The topological polar surface area (TPSA) is 95.9 Å². The molecule has 0 saturated heterocycles. The van der Waals surface area contributed by atoms with Crippen LogP contribution in [0.2, 0.25) is 0 Å². The quantitative estimate of drug-likeness (QED) is 0.0321. The molecular weight excluding hydrogens is 839 g/mol. The van der Waals surface area contributed by atoms with Crippen molar-refractivity contribution in [1.29, 1.82) is 0 Å². The Morgan fingerprint density at radius 3 is 1.04 bits per heavy atom. The Hall–Kier alpha value is -1.40. The molecule has 0 aliphatic rings. The van der Waals surface area contributed by atoms with Gasteiger partial charge in [0, 0.05) is 12.8 Å². The first-order valence-electron chi connectivity index (χ1n) is 30.9. The maximum Gasteiger partial charge on any atom is 0.305 e. The molecule has 404 valence electrons. The third kappa shape index (κ3) is 53.9. The number of unbranched alkanes of at least 4 members (excludes halogenated alkanes) is 45. The Labute approximate surface area is 425 Å². The lowest BCUT2D eigenvalue weighted by Gasteiger charge is -2.22. The molecule has 6 heteroatoms. The molecule has 0 spiro atoms. The largest absolute Gasteiger partial charge is 0.466 e. The lowest BCUT2D eigenvalue weighted by atomic mass is 10.0. The van der Waals surface area contributed by atoms with Crippen LogP contribution in [0.25, 0.3) is 0 Å². The van der Waals surface area contributed by atoms with E-state index in [0.29, 0.717) is 25.9 Å². The van der Waals surface area contributed by atoms with E-state index in [-0.39, 0.29) is 18.5 Å². The summed E-state index contributed by atoms with van der Waals surface area (Å²) in [5.41, 5.74) is 0. The number of esters is 1. The van der Waals surface area contributed by atoms with Crippen LogP contribution in [0.15, 0.2) is 12.2 Å². The minimum absolute atomic E-state index is 0.0185. The van der Waals surface area contributed by atoms with E-state index in [1.54, 1.807) is 0 Å². The average molecular weight is 961 g/mol. The van der Waals surface area contributed by atoms with Crippen molar-refractivity contribution >= 4 is 11.9 Å². The maximum atomic E-state index is 12.5. The van der Waals surface area contributed by atoms with Crippen molar-refractivity contribution in [2.45, 2.75) is 360 Å². The van der Waals surface area contributed by atoms with Gasteiger partial charge in [-0.05, 0) is 57.8 Å². The van der Waals surface area contributed by atoms with E-state index >= 15 is 0 Å². The molecule has 0 saturated carbocycles. The molecule has 0 aliphatic carbocycles. The normalized spacial score (nSPS) is 12.6. The van der Waals surface area contributed by atoms with E-state index in [0.717, 1.165) is 77.0 Å². The number of hydrogen-bond donors (Lipinski definition) is 3. The second kappa shape index (κ2) is 58.2. The van der Waals surface area contributed by atoms with Gasteiger partial charge in [-0.25, -0.2) is 0 Å². The Balaban J connectivity index is 3.47. The molecule has 0 rings (SSSR count). The summed E-state index contributed by atoms with van der Waals surface area (Å²) < 4.78 is 5.46. The SMILES string of the molecule is CCCCCCCCCCCCCCCCCCCCCCCCCCC(O)C(CO)NC(=O)CCCCCCC/C=C\CCCCCOC(=O)CCCCCCCCCCCCCCCCC.